The smallest absolute Gasteiger partial charge is 0.0105 e. The van der Waals surface area contributed by atoms with Gasteiger partial charge in [0.15, 0.2) is 0 Å². The highest BCUT2D eigenvalue weighted by Gasteiger charge is 2.34. The van der Waals surface area contributed by atoms with E-state index in [-0.39, 0.29) is 33.4 Å². The first-order chi connectivity index (χ1) is 12.6. The van der Waals surface area contributed by atoms with Crippen molar-refractivity contribution < 1.29 is 0 Å². The highest BCUT2D eigenvalue weighted by Crippen LogP contribution is 2.40. The molecule has 1 aromatic rings. The van der Waals surface area contributed by atoms with Gasteiger partial charge in [-0.25, -0.2) is 0 Å². The molecule has 1 rings (SSSR count). The number of hydrogen-bond donors (Lipinski definition) is 3. The zero-order valence-corrected chi connectivity index (χ0v) is 21.2. The van der Waals surface area contributed by atoms with Crippen molar-refractivity contribution in [3.05, 3.63) is 34.9 Å². The Labute approximate surface area is 181 Å². The van der Waals surface area contributed by atoms with E-state index in [1.807, 2.05) is 0 Å². The molecule has 1 aromatic carbocycles. The van der Waals surface area contributed by atoms with E-state index in [0.717, 1.165) is 19.3 Å². The van der Waals surface area contributed by atoms with E-state index in [1.54, 1.807) is 0 Å². The Bertz CT molecular complexity index is 637. The first-order valence-corrected chi connectivity index (χ1v) is 11.1. The van der Waals surface area contributed by atoms with Crippen LogP contribution in [-0.4, -0.2) is 17.1 Å². The molecule has 1 atom stereocenters. The van der Waals surface area contributed by atoms with Crippen LogP contribution in [0.4, 0.5) is 0 Å². The van der Waals surface area contributed by atoms with Crippen molar-refractivity contribution in [3.8, 4) is 0 Å². The van der Waals surface area contributed by atoms with Crippen LogP contribution >= 0.6 is 0 Å². The molecule has 0 amide bonds. The zero-order valence-electron chi connectivity index (χ0n) is 21.2. The molecule has 3 nitrogen and oxygen atoms in total. The van der Waals surface area contributed by atoms with E-state index in [1.165, 1.54) is 16.7 Å². The maximum atomic E-state index is 6.42. The topological polar surface area (TPSA) is 78.1 Å². The molecule has 0 aromatic heterocycles. The van der Waals surface area contributed by atoms with Gasteiger partial charge in [-0.1, -0.05) is 59.7 Å². The summed E-state index contributed by atoms with van der Waals surface area (Å²) >= 11 is 0. The Kier molecular flexibility index (Phi) is 7.50. The van der Waals surface area contributed by atoms with Gasteiger partial charge in [-0.3, -0.25) is 0 Å². The Morgan fingerprint density at radius 1 is 0.621 bits per heavy atom. The minimum absolute atomic E-state index is 0.00154. The summed E-state index contributed by atoms with van der Waals surface area (Å²) in [4.78, 5) is 0. The lowest BCUT2D eigenvalue weighted by atomic mass is 9.68. The summed E-state index contributed by atoms with van der Waals surface area (Å²) < 4.78 is 0. The van der Waals surface area contributed by atoms with Gasteiger partial charge in [-0.05, 0) is 86.8 Å². The third-order valence-electron chi connectivity index (χ3n) is 5.90. The predicted molar refractivity (Wildman–Crippen MR) is 130 cm³/mol. The Hall–Kier alpha value is -0.900. The third kappa shape index (κ3) is 8.03. The van der Waals surface area contributed by atoms with Crippen molar-refractivity contribution in [3.63, 3.8) is 0 Å². The summed E-state index contributed by atoms with van der Waals surface area (Å²) in [7, 11) is 0. The summed E-state index contributed by atoms with van der Waals surface area (Å²) in [6.07, 6.45) is 2.78. The number of rotatable bonds is 9. The molecule has 0 aliphatic heterocycles. The van der Waals surface area contributed by atoms with Gasteiger partial charge < -0.3 is 17.2 Å². The van der Waals surface area contributed by atoms with E-state index < -0.39 is 0 Å². The largest absolute Gasteiger partial charge is 0.328 e. The van der Waals surface area contributed by atoms with Crippen LogP contribution in [0.1, 0.15) is 112 Å². The summed E-state index contributed by atoms with van der Waals surface area (Å²) in [6, 6.07) is 7.33. The molecular weight excluding hydrogens is 354 g/mol. The third-order valence-corrected chi connectivity index (χ3v) is 5.90. The van der Waals surface area contributed by atoms with E-state index in [4.69, 9.17) is 17.2 Å². The van der Waals surface area contributed by atoms with Crippen LogP contribution in [0.2, 0.25) is 0 Å². The second kappa shape index (κ2) is 8.32. The Balaban J connectivity index is 3.64. The fraction of sp³-hybridized carbons (Fsp3) is 0.769. The monoisotopic (exact) mass is 403 g/mol. The molecule has 0 heterocycles. The number of benzene rings is 1. The van der Waals surface area contributed by atoms with Gasteiger partial charge in [0.2, 0.25) is 0 Å². The van der Waals surface area contributed by atoms with Gasteiger partial charge in [0, 0.05) is 17.1 Å². The molecule has 0 spiro atoms. The van der Waals surface area contributed by atoms with E-state index in [9.17, 15) is 0 Å². The molecule has 0 radical (unpaired) electrons. The lowest BCUT2D eigenvalue weighted by Crippen LogP contribution is -2.40. The van der Waals surface area contributed by atoms with Crippen molar-refractivity contribution in [1.29, 1.82) is 0 Å². The average molecular weight is 404 g/mol. The van der Waals surface area contributed by atoms with Crippen LogP contribution in [0.3, 0.4) is 0 Å². The van der Waals surface area contributed by atoms with E-state index >= 15 is 0 Å². The number of nitrogens with two attached hydrogens (primary N) is 3. The van der Waals surface area contributed by atoms with Gasteiger partial charge in [-0.2, -0.15) is 0 Å². The van der Waals surface area contributed by atoms with Crippen molar-refractivity contribution in [2.24, 2.45) is 17.2 Å². The zero-order chi connectivity index (χ0) is 23.1. The van der Waals surface area contributed by atoms with Gasteiger partial charge in [0.1, 0.15) is 0 Å². The average Bonchev–Trinajstić information content (AvgIpc) is 2.40. The molecule has 29 heavy (non-hydrogen) atoms. The minimum atomic E-state index is -0.226. The summed E-state index contributed by atoms with van der Waals surface area (Å²) in [5.41, 5.74) is 22.6. The molecule has 0 saturated carbocycles. The van der Waals surface area contributed by atoms with Crippen LogP contribution in [0, 0.1) is 0 Å². The fourth-order valence-corrected chi connectivity index (χ4v) is 5.20. The predicted octanol–water partition coefficient (Wildman–Crippen LogP) is 5.51. The molecule has 0 fully saturated rings. The highest BCUT2D eigenvalue weighted by atomic mass is 14.7. The lowest BCUT2D eigenvalue weighted by Gasteiger charge is -2.38. The first kappa shape index (κ1) is 26.1. The quantitative estimate of drug-likeness (QED) is 0.508. The van der Waals surface area contributed by atoms with Crippen LogP contribution in [-0.2, 0) is 16.2 Å². The van der Waals surface area contributed by atoms with Gasteiger partial charge in [-0.15, -0.1) is 0 Å². The Morgan fingerprint density at radius 2 is 0.897 bits per heavy atom. The summed E-state index contributed by atoms with van der Waals surface area (Å²) in [5, 5.41) is 0. The highest BCUT2D eigenvalue weighted by molar-refractivity contribution is 5.41. The Morgan fingerprint density at radius 3 is 1.14 bits per heavy atom. The maximum Gasteiger partial charge on any atom is 0.0105 e. The van der Waals surface area contributed by atoms with Crippen LogP contribution < -0.4 is 17.2 Å². The second-order valence-electron chi connectivity index (χ2n) is 13.0. The minimum Gasteiger partial charge on any atom is -0.328 e. The molecule has 1 unspecified atom stereocenters. The molecule has 6 N–H and O–H groups in total. The standard InChI is InChI=1S/C26H49N3/c1-18(27)15-22(2,3)19-12-20(23(4,5)16-25(8,9)28)14-21(13-19)24(6,7)17-26(10,11)29/h12-14,18H,15-17,27-29H2,1-11H3. The summed E-state index contributed by atoms with van der Waals surface area (Å²) in [5.74, 6) is 0. The normalized spacial score (nSPS) is 15.5. The van der Waals surface area contributed by atoms with Crippen molar-refractivity contribution >= 4 is 0 Å². The van der Waals surface area contributed by atoms with Gasteiger partial charge in [0.25, 0.3) is 0 Å². The second-order valence-corrected chi connectivity index (χ2v) is 13.0. The first-order valence-electron chi connectivity index (χ1n) is 11.1. The molecule has 0 aliphatic carbocycles. The SMILES string of the molecule is CC(N)CC(C)(C)c1cc(C(C)(C)CC(C)(C)N)cc(C(C)(C)CC(C)(C)N)c1. The van der Waals surface area contributed by atoms with Crippen LogP contribution in [0.15, 0.2) is 18.2 Å². The molecule has 168 valence electrons. The molecule has 0 aliphatic rings. The molecule has 0 bridgehead atoms. The molecule has 0 saturated heterocycles. The number of hydrogen-bond acceptors (Lipinski definition) is 3. The molecule has 3 heteroatoms. The summed E-state index contributed by atoms with van der Waals surface area (Å²) in [6.45, 7) is 24.4. The lowest BCUT2D eigenvalue weighted by molar-refractivity contribution is 0.341. The van der Waals surface area contributed by atoms with Gasteiger partial charge in [0.05, 0.1) is 0 Å². The van der Waals surface area contributed by atoms with Gasteiger partial charge >= 0.3 is 0 Å². The van der Waals surface area contributed by atoms with Crippen molar-refractivity contribution in [2.75, 3.05) is 0 Å². The van der Waals surface area contributed by atoms with Crippen LogP contribution in [0.5, 0.6) is 0 Å². The molecular formula is C26H49N3. The maximum absolute atomic E-state index is 6.42. The van der Waals surface area contributed by atoms with Crippen LogP contribution in [0.25, 0.3) is 0 Å². The van der Waals surface area contributed by atoms with Crippen molar-refractivity contribution in [1.82, 2.24) is 0 Å². The van der Waals surface area contributed by atoms with Crippen molar-refractivity contribution in [2.45, 2.75) is 129 Å². The van der Waals surface area contributed by atoms with E-state index in [0.29, 0.717) is 0 Å². The van der Waals surface area contributed by atoms with E-state index in [2.05, 4.69) is 94.4 Å². The fourth-order valence-electron chi connectivity index (χ4n) is 5.20.